The molecule has 2 saturated heterocycles. The summed E-state index contributed by atoms with van der Waals surface area (Å²) in [5, 5.41) is 2.80. The number of carbonyl (C=O) groups excluding carboxylic acids is 3. The number of amides is 3. The number of benzene rings is 1. The Kier molecular flexibility index (Phi) is 4.87. The van der Waals surface area contributed by atoms with E-state index in [1.807, 2.05) is 48.7 Å². The first kappa shape index (κ1) is 19.3. The number of rotatable bonds is 4. The fourth-order valence-corrected chi connectivity index (χ4v) is 5.65. The van der Waals surface area contributed by atoms with Crippen LogP contribution in [0.25, 0.3) is 5.69 Å². The Bertz CT molecular complexity index is 995. The number of nitrogens with one attached hydrogen (secondary N) is 1. The number of urea groups is 1. The zero-order valence-electron chi connectivity index (χ0n) is 15.6. The molecule has 1 spiro atoms. The van der Waals surface area contributed by atoms with Crippen LogP contribution in [0.2, 0.25) is 0 Å². The molecule has 1 unspecified atom stereocenters. The quantitative estimate of drug-likeness (QED) is 0.558. The molecule has 8 heteroatoms. The van der Waals surface area contributed by atoms with Crippen molar-refractivity contribution in [2.75, 3.05) is 18.1 Å². The third kappa shape index (κ3) is 3.08. The van der Waals surface area contributed by atoms with Gasteiger partial charge in [0.05, 0.1) is 6.54 Å². The second kappa shape index (κ2) is 7.08. The van der Waals surface area contributed by atoms with Crippen LogP contribution in [0.1, 0.15) is 28.2 Å². The highest BCUT2D eigenvalue weighted by atomic mass is 79.9. The summed E-state index contributed by atoms with van der Waals surface area (Å²) < 4.78 is 2.95. The van der Waals surface area contributed by atoms with Gasteiger partial charge in [0.25, 0.3) is 5.91 Å². The molecular formula is C20H20BrN3O3S. The van der Waals surface area contributed by atoms with Crippen LogP contribution < -0.4 is 5.32 Å². The summed E-state index contributed by atoms with van der Waals surface area (Å²) in [6.07, 6.45) is 0.615. The van der Waals surface area contributed by atoms with Gasteiger partial charge in [-0.15, -0.1) is 0 Å². The topological polar surface area (TPSA) is 71.4 Å². The summed E-state index contributed by atoms with van der Waals surface area (Å²) in [5.74, 6) is 0.888. The minimum Gasteiger partial charge on any atom is -0.322 e. The van der Waals surface area contributed by atoms with Crippen LogP contribution in [0.5, 0.6) is 0 Å². The highest BCUT2D eigenvalue weighted by Crippen LogP contribution is 2.33. The van der Waals surface area contributed by atoms with Crippen molar-refractivity contribution < 1.29 is 14.4 Å². The number of Topliss-reactive ketones (excluding diaryl/α,β-unsaturated/α-hetero) is 1. The van der Waals surface area contributed by atoms with E-state index in [2.05, 4.69) is 21.2 Å². The molecule has 0 radical (unpaired) electrons. The highest BCUT2D eigenvalue weighted by molar-refractivity contribution is 9.10. The van der Waals surface area contributed by atoms with E-state index in [0.29, 0.717) is 17.7 Å². The molecule has 1 aromatic heterocycles. The lowest BCUT2D eigenvalue weighted by molar-refractivity contribution is -0.130. The summed E-state index contributed by atoms with van der Waals surface area (Å²) in [4.78, 5) is 39.2. The molecule has 2 aliphatic heterocycles. The summed E-state index contributed by atoms with van der Waals surface area (Å²) in [6.45, 7) is 3.57. The van der Waals surface area contributed by atoms with Crippen LogP contribution >= 0.6 is 27.7 Å². The van der Waals surface area contributed by atoms with Gasteiger partial charge in [-0.05, 0) is 50.3 Å². The number of thioether (sulfide) groups is 1. The van der Waals surface area contributed by atoms with Crippen LogP contribution in [-0.4, -0.2) is 50.8 Å². The van der Waals surface area contributed by atoms with Gasteiger partial charge in [-0.25, -0.2) is 4.79 Å². The highest BCUT2D eigenvalue weighted by Gasteiger charge is 2.53. The molecule has 0 saturated carbocycles. The Morgan fingerprint density at radius 1 is 1.29 bits per heavy atom. The summed E-state index contributed by atoms with van der Waals surface area (Å²) in [5.41, 5.74) is 2.36. The zero-order chi connectivity index (χ0) is 20.1. The van der Waals surface area contributed by atoms with Gasteiger partial charge >= 0.3 is 6.03 Å². The number of imide groups is 1. The molecule has 2 fully saturated rings. The maximum atomic E-state index is 13.0. The van der Waals surface area contributed by atoms with Crippen LogP contribution in [0.4, 0.5) is 4.79 Å². The largest absolute Gasteiger partial charge is 0.325 e. The van der Waals surface area contributed by atoms with E-state index in [0.717, 1.165) is 32.2 Å². The second-order valence-corrected chi connectivity index (χ2v) is 9.25. The lowest BCUT2D eigenvalue weighted by atomic mass is 9.99. The van der Waals surface area contributed by atoms with Crippen molar-refractivity contribution in [3.63, 3.8) is 0 Å². The van der Waals surface area contributed by atoms with Gasteiger partial charge in [-0.2, -0.15) is 11.8 Å². The molecule has 0 aliphatic carbocycles. The van der Waals surface area contributed by atoms with E-state index in [9.17, 15) is 14.4 Å². The molecule has 1 atom stereocenters. The van der Waals surface area contributed by atoms with Crippen molar-refractivity contribution in [2.24, 2.45) is 0 Å². The normalized spacial score (nSPS) is 21.6. The van der Waals surface area contributed by atoms with Crippen molar-refractivity contribution in [2.45, 2.75) is 25.8 Å². The smallest absolute Gasteiger partial charge is 0.322 e. The first-order chi connectivity index (χ1) is 13.3. The number of aromatic nitrogens is 1. The van der Waals surface area contributed by atoms with Crippen LogP contribution in [-0.2, 0) is 4.79 Å². The van der Waals surface area contributed by atoms with Gasteiger partial charge < -0.3 is 9.88 Å². The third-order valence-electron chi connectivity index (χ3n) is 5.37. The lowest BCUT2D eigenvalue weighted by Gasteiger charge is -2.19. The molecule has 146 valence electrons. The van der Waals surface area contributed by atoms with Crippen molar-refractivity contribution in [1.29, 1.82) is 0 Å². The average molecular weight is 462 g/mol. The standard InChI is InChI=1S/C20H20BrN3O3S/c1-12-8-16(13(2)24(12)15-5-3-4-14(21)9-15)17(25)10-23-18(26)20(22-19(23)27)6-7-28-11-20/h3-5,8-9H,6-7,10-11H2,1-2H3,(H,22,27). The maximum Gasteiger partial charge on any atom is 0.325 e. The number of hydrogen-bond donors (Lipinski definition) is 1. The molecular weight excluding hydrogens is 442 g/mol. The van der Waals surface area contributed by atoms with Gasteiger partial charge in [0.2, 0.25) is 0 Å². The number of hydrogen-bond acceptors (Lipinski definition) is 4. The van der Waals surface area contributed by atoms with Crippen molar-refractivity contribution in [3.05, 3.63) is 51.8 Å². The van der Waals surface area contributed by atoms with Crippen molar-refractivity contribution >= 4 is 45.4 Å². The first-order valence-electron chi connectivity index (χ1n) is 9.02. The fourth-order valence-electron chi connectivity index (χ4n) is 3.94. The Hall–Kier alpha value is -2.06. The maximum absolute atomic E-state index is 13.0. The number of halogens is 1. The van der Waals surface area contributed by atoms with Crippen LogP contribution in [0.3, 0.4) is 0 Å². The molecule has 0 bridgehead atoms. The molecule has 1 N–H and O–H groups in total. The van der Waals surface area contributed by atoms with E-state index in [4.69, 9.17) is 0 Å². The molecule has 1 aromatic carbocycles. The average Bonchev–Trinajstić information content (AvgIpc) is 3.29. The molecule has 2 aromatic rings. The van der Waals surface area contributed by atoms with Gasteiger partial charge in [-0.3, -0.25) is 14.5 Å². The van der Waals surface area contributed by atoms with Crippen molar-refractivity contribution in [3.8, 4) is 5.69 Å². The summed E-state index contributed by atoms with van der Waals surface area (Å²) in [6, 6.07) is 9.18. The zero-order valence-corrected chi connectivity index (χ0v) is 18.0. The molecule has 2 aliphatic rings. The van der Waals surface area contributed by atoms with Crippen LogP contribution in [0.15, 0.2) is 34.8 Å². The second-order valence-electron chi connectivity index (χ2n) is 7.23. The number of carbonyl (C=O) groups is 3. The molecule has 3 amide bonds. The predicted octanol–water partition coefficient (Wildman–Crippen LogP) is 3.47. The predicted molar refractivity (Wildman–Crippen MR) is 112 cm³/mol. The van der Waals surface area contributed by atoms with E-state index in [-0.39, 0.29) is 18.2 Å². The molecule has 4 rings (SSSR count). The number of nitrogens with zero attached hydrogens (tertiary/aromatic N) is 2. The Labute approximate surface area is 175 Å². The fraction of sp³-hybridized carbons (Fsp3) is 0.350. The first-order valence-corrected chi connectivity index (χ1v) is 11.0. The van der Waals surface area contributed by atoms with E-state index in [1.165, 1.54) is 0 Å². The minimum absolute atomic E-state index is 0.236. The molecule has 3 heterocycles. The van der Waals surface area contributed by atoms with E-state index >= 15 is 0 Å². The van der Waals surface area contributed by atoms with Gasteiger partial charge in [0.1, 0.15) is 5.54 Å². The monoisotopic (exact) mass is 461 g/mol. The van der Waals surface area contributed by atoms with E-state index in [1.54, 1.807) is 11.8 Å². The Morgan fingerprint density at radius 3 is 2.75 bits per heavy atom. The Balaban J connectivity index is 1.60. The third-order valence-corrected chi connectivity index (χ3v) is 7.05. The number of ketones is 1. The van der Waals surface area contributed by atoms with Crippen LogP contribution in [0, 0.1) is 13.8 Å². The molecule has 28 heavy (non-hydrogen) atoms. The van der Waals surface area contributed by atoms with E-state index < -0.39 is 11.6 Å². The lowest BCUT2D eigenvalue weighted by Crippen LogP contribution is -2.47. The SMILES string of the molecule is Cc1cc(C(=O)CN2C(=O)NC3(CCSC3)C2=O)c(C)n1-c1cccc(Br)c1. The number of aryl methyl sites for hydroxylation is 1. The van der Waals surface area contributed by atoms with Gasteiger partial charge in [-0.1, -0.05) is 22.0 Å². The van der Waals surface area contributed by atoms with Gasteiger partial charge in [0, 0.05) is 32.9 Å². The Morgan fingerprint density at radius 2 is 2.07 bits per heavy atom. The molecule has 6 nitrogen and oxygen atoms in total. The van der Waals surface area contributed by atoms with Gasteiger partial charge in [0.15, 0.2) is 5.78 Å². The summed E-state index contributed by atoms with van der Waals surface area (Å²) >= 11 is 5.12. The minimum atomic E-state index is -0.824. The van der Waals surface area contributed by atoms with Crippen molar-refractivity contribution in [1.82, 2.24) is 14.8 Å². The summed E-state index contributed by atoms with van der Waals surface area (Å²) in [7, 11) is 0.